The van der Waals surface area contributed by atoms with Crippen LogP contribution in [0.4, 0.5) is 4.39 Å². The number of nitrogens with zero attached hydrogens (tertiary/aromatic N) is 1. The van der Waals surface area contributed by atoms with Gasteiger partial charge in [0.05, 0.1) is 0 Å². The molecule has 0 saturated heterocycles. The number of unbranched alkanes of at least 4 members (excludes halogenated alkanes) is 5. The minimum atomic E-state index is -0.115. The molecule has 0 N–H and O–H groups in total. The molecule has 0 saturated carbocycles. The first-order chi connectivity index (χ1) is 9.53. The second-order valence-electron chi connectivity index (χ2n) is 6.49. The Bertz CT molecular complexity index is 363. The summed E-state index contributed by atoms with van der Waals surface area (Å²) in [6.45, 7) is 6.80. The molecule has 1 aromatic rings. The highest BCUT2D eigenvalue weighted by atomic mass is 19.1. The van der Waals surface area contributed by atoms with Crippen LogP contribution < -0.4 is 0 Å². The summed E-state index contributed by atoms with van der Waals surface area (Å²) in [5.74, 6) is -0.115. The molecule has 0 aromatic carbocycles. The van der Waals surface area contributed by atoms with Gasteiger partial charge in [-0.3, -0.25) is 0 Å². The number of hydrogen-bond acceptors (Lipinski definition) is 0. The van der Waals surface area contributed by atoms with E-state index in [1.165, 1.54) is 63.4 Å². The summed E-state index contributed by atoms with van der Waals surface area (Å²) in [5, 5.41) is 0. The van der Waals surface area contributed by atoms with Crippen molar-refractivity contribution in [3.63, 3.8) is 0 Å². The average Bonchev–Trinajstić information content (AvgIpc) is 2.76. The minimum Gasteiger partial charge on any atom is -0.328 e. The maximum atomic E-state index is 13.7. The van der Waals surface area contributed by atoms with Gasteiger partial charge in [-0.2, -0.15) is 4.39 Å². The summed E-state index contributed by atoms with van der Waals surface area (Å²) < 4.78 is 15.3. The Morgan fingerprint density at radius 2 is 1.55 bits per heavy atom. The molecule has 0 amide bonds. The molecule has 1 aromatic heterocycles. The smallest absolute Gasteiger partial charge is 0.193 e. The van der Waals surface area contributed by atoms with Crippen LogP contribution in [-0.4, -0.2) is 4.57 Å². The summed E-state index contributed by atoms with van der Waals surface area (Å²) in [7, 11) is 1.79. The zero-order valence-corrected chi connectivity index (χ0v) is 13.8. The van der Waals surface area contributed by atoms with E-state index in [0.29, 0.717) is 0 Å². The molecular weight excluding hydrogens is 249 g/mol. The van der Waals surface area contributed by atoms with E-state index >= 15 is 0 Å². The molecule has 2 heteroatoms. The number of hydrogen-bond donors (Lipinski definition) is 0. The summed E-state index contributed by atoms with van der Waals surface area (Å²) in [6, 6.07) is 1.74. The Morgan fingerprint density at radius 3 is 2.05 bits per heavy atom. The van der Waals surface area contributed by atoms with Gasteiger partial charge >= 0.3 is 0 Å². The van der Waals surface area contributed by atoms with Crippen LogP contribution in [0.15, 0.2) is 12.3 Å². The van der Waals surface area contributed by atoms with Crippen molar-refractivity contribution in [2.24, 2.45) is 7.05 Å². The molecular formula is C18H32FN. The predicted molar refractivity (Wildman–Crippen MR) is 85.6 cm³/mol. The lowest BCUT2D eigenvalue weighted by molar-refractivity contribution is 0.365. The van der Waals surface area contributed by atoms with Gasteiger partial charge in [-0.15, -0.1) is 0 Å². The monoisotopic (exact) mass is 281 g/mol. The second kappa shape index (κ2) is 8.49. The van der Waals surface area contributed by atoms with Gasteiger partial charge in [0.15, 0.2) is 5.95 Å². The highest BCUT2D eigenvalue weighted by Gasteiger charge is 2.27. The molecule has 0 bridgehead atoms. The van der Waals surface area contributed by atoms with E-state index in [9.17, 15) is 4.39 Å². The molecule has 0 spiro atoms. The molecule has 0 fully saturated rings. The predicted octanol–water partition coefficient (Wildman–Crippen LogP) is 5.97. The van der Waals surface area contributed by atoms with Gasteiger partial charge in [0.2, 0.25) is 0 Å². The normalized spacial score (nSPS) is 14.4. The van der Waals surface area contributed by atoms with E-state index in [4.69, 9.17) is 0 Å². The molecule has 1 rings (SSSR count). The molecule has 1 atom stereocenters. The molecule has 1 nitrogen and oxygen atoms in total. The average molecular weight is 281 g/mol. The van der Waals surface area contributed by atoms with Gasteiger partial charge in [-0.25, -0.2) is 0 Å². The maximum Gasteiger partial charge on any atom is 0.193 e. The van der Waals surface area contributed by atoms with Crippen molar-refractivity contribution in [3.8, 4) is 0 Å². The van der Waals surface area contributed by atoms with Gasteiger partial charge < -0.3 is 4.57 Å². The van der Waals surface area contributed by atoms with Gasteiger partial charge in [-0.05, 0) is 29.9 Å². The van der Waals surface area contributed by atoms with Crippen molar-refractivity contribution in [3.05, 3.63) is 23.8 Å². The maximum absolute atomic E-state index is 13.7. The third-order valence-electron chi connectivity index (χ3n) is 4.56. The Kier molecular flexibility index (Phi) is 7.32. The molecule has 1 unspecified atom stereocenters. The molecule has 0 aliphatic heterocycles. The topological polar surface area (TPSA) is 4.93 Å². The fourth-order valence-corrected chi connectivity index (χ4v) is 2.99. The van der Waals surface area contributed by atoms with Crippen LogP contribution in [-0.2, 0) is 12.5 Å². The Labute approximate surface area is 124 Å². The Morgan fingerprint density at radius 1 is 1.00 bits per heavy atom. The number of halogens is 1. The first-order valence-electron chi connectivity index (χ1n) is 8.36. The van der Waals surface area contributed by atoms with E-state index in [1.54, 1.807) is 17.7 Å². The van der Waals surface area contributed by atoms with E-state index in [0.717, 1.165) is 0 Å². The lowest BCUT2D eigenvalue weighted by Crippen LogP contribution is -2.21. The number of aryl methyl sites for hydroxylation is 1. The van der Waals surface area contributed by atoms with Crippen LogP contribution in [0.5, 0.6) is 0 Å². The van der Waals surface area contributed by atoms with E-state index in [1.807, 2.05) is 6.20 Å². The van der Waals surface area contributed by atoms with Gasteiger partial charge in [0, 0.05) is 13.2 Å². The zero-order valence-electron chi connectivity index (χ0n) is 13.8. The summed E-state index contributed by atoms with van der Waals surface area (Å²) >= 11 is 0. The van der Waals surface area contributed by atoms with Crippen molar-refractivity contribution >= 4 is 0 Å². The molecule has 0 radical (unpaired) electrons. The van der Waals surface area contributed by atoms with E-state index in [-0.39, 0.29) is 11.4 Å². The van der Waals surface area contributed by atoms with Crippen LogP contribution in [0.2, 0.25) is 0 Å². The van der Waals surface area contributed by atoms with Crippen molar-refractivity contribution < 1.29 is 4.39 Å². The highest BCUT2D eigenvalue weighted by Crippen LogP contribution is 2.36. The molecule has 1 heterocycles. The van der Waals surface area contributed by atoms with Crippen molar-refractivity contribution in [1.29, 1.82) is 0 Å². The van der Waals surface area contributed by atoms with Gasteiger partial charge in [0.1, 0.15) is 0 Å². The summed E-state index contributed by atoms with van der Waals surface area (Å²) in [5.41, 5.74) is 1.33. The highest BCUT2D eigenvalue weighted by molar-refractivity contribution is 5.22. The van der Waals surface area contributed by atoms with Crippen LogP contribution in [0, 0.1) is 5.95 Å². The third kappa shape index (κ3) is 4.96. The quantitative estimate of drug-likeness (QED) is 0.465. The largest absolute Gasteiger partial charge is 0.328 e. The SMILES string of the molecule is CCCCCCC(C)(CCCCC)c1cc(F)n(C)c1. The first kappa shape index (κ1) is 17.3. The van der Waals surface area contributed by atoms with Crippen molar-refractivity contribution in [2.75, 3.05) is 0 Å². The van der Waals surface area contributed by atoms with Crippen LogP contribution in [0.25, 0.3) is 0 Å². The fraction of sp³-hybridized carbons (Fsp3) is 0.778. The molecule has 20 heavy (non-hydrogen) atoms. The zero-order chi connectivity index (χ0) is 15.0. The molecule has 0 aliphatic carbocycles. The van der Waals surface area contributed by atoms with Gasteiger partial charge in [0.25, 0.3) is 0 Å². The van der Waals surface area contributed by atoms with Crippen LogP contribution in [0.1, 0.15) is 84.1 Å². The fourth-order valence-electron chi connectivity index (χ4n) is 2.99. The first-order valence-corrected chi connectivity index (χ1v) is 8.36. The van der Waals surface area contributed by atoms with Gasteiger partial charge in [-0.1, -0.05) is 65.7 Å². The van der Waals surface area contributed by atoms with Crippen molar-refractivity contribution in [1.82, 2.24) is 4.57 Å². The minimum absolute atomic E-state index is 0.115. The Balaban J connectivity index is 2.71. The van der Waals surface area contributed by atoms with Crippen molar-refractivity contribution in [2.45, 2.75) is 84.0 Å². The summed E-state index contributed by atoms with van der Waals surface area (Å²) in [6.07, 6.45) is 13.3. The Hall–Kier alpha value is -0.790. The lowest BCUT2D eigenvalue weighted by Gasteiger charge is -2.29. The van der Waals surface area contributed by atoms with Crippen LogP contribution in [0.3, 0.4) is 0 Å². The summed E-state index contributed by atoms with van der Waals surface area (Å²) in [4.78, 5) is 0. The van der Waals surface area contributed by atoms with Crippen LogP contribution >= 0.6 is 0 Å². The third-order valence-corrected chi connectivity index (χ3v) is 4.56. The van der Waals surface area contributed by atoms with E-state index < -0.39 is 0 Å². The standard InChI is InChI=1S/C18H32FN/c1-5-7-9-11-13-18(3,12-10-8-6-2)16-14-17(19)20(4)15-16/h14-15H,5-13H2,1-4H3. The molecule has 116 valence electrons. The number of rotatable bonds is 10. The number of aromatic nitrogens is 1. The van der Waals surface area contributed by atoms with E-state index in [2.05, 4.69) is 20.8 Å². The molecule has 0 aliphatic rings. The second-order valence-corrected chi connectivity index (χ2v) is 6.49. The lowest BCUT2D eigenvalue weighted by atomic mass is 9.75.